The fraction of sp³-hybridized carbons (Fsp3) is 0.882. The molecule has 0 radical (unpaired) electrons. The molecule has 0 aliphatic rings. The molecule has 19 heavy (non-hydrogen) atoms. The highest BCUT2D eigenvalue weighted by atomic mass is 15.3. The Bertz CT molecular complexity index is 204. The molecule has 0 fully saturated rings. The van der Waals surface area contributed by atoms with Crippen LogP contribution in [0.2, 0.25) is 0 Å². The standard InChI is InChI=1S/C17H37N2/c1-5-6-7-8-9-10-11-12-13-15-18-16-14-17-19(2,3)4/h13,15,18H,5-12,14,16-17H2,1-4H3/q+1. The molecule has 0 atom stereocenters. The summed E-state index contributed by atoms with van der Waals surface area (Å²) in [6, 6.07) is 0. The first-order valence-corrected chi connectivity index (χ1v) is 8.25. The van der Waals surface area contributed by atoms with Crippen molar-refractivity contribution in [3.8, 4) is 0 Å². The van der Waals surface area contributed by atoms with Crippen molar-refractivity contribution >= 4 is 0 Å². The van der Waals surface area contributed by atoms with Crippen LogP contribution in [0.25, 0.3) is 0 Å². The number of quaternary nitrogens is 1. The van der Waals surface area contributed by atoms with Gasteiger partial charge in [-0.2, -0.15) is 0 Å². The minimum Gasteiger partial charge on any atom is -0.391 e. The van der Waals surface area contributed by atoms with Crippen LogP contribution in [0.1, 0.15) is 64.7 Å². The average Bonchev–Trinajstić information content (AvgIpc) is 2.34. The third-order valence-corrected chi connectivity index (χ3v) is 3.36. The van der Waals surface area contributed by atoms with E-state index in [4.69, 9.17) is 0 Å². The van der Waals surface area contributed by atoms with Gasteiger partial charge in [0.25, 0.3) is 0 Å². The molecule has 0 unspecified atom stereocenters. The number of nitrogens with zero attached hydrogens (tertiary/aromatic N) is 1. The number of hydrogen-bond donors (Lipinski definition) is 1. The van der Waals surface area contributed by atoms with Gasteiger partial charge in [0.15, 0.2) is 0 Å². The Morgan fingerprint density at radius 1 is 0.842 bits per heavy atom. The Morgan fingerprint density at radius 3 is 2.11 bits per heavy atom. The van der Waals surface area contributed by atoms with Crippen molar-refractivity contribution in [2.24, 2.45) is 0 Å². The van der Waals surface area contributed by atoms with Crippen molar-refractivity contribution in [3.05, 3.63) is 12.3 Å². The molecular formula is C17H37N2+. The van der Waals surface area contributed by atoms with Crippen molar-refractivity contribution in [1.82, 2.24) is 5.32 Å². The first-order chi connectivity index (χ1) is 9.06. The van der Waals surface area contributed by atoms with Gasteiger partial charge < -0.3 is 9.80 Å². The molecular weight excluding hydrogens is 232 g/mol. The van der Waals surface area contributed by atoms with Crippen LogP contribution in [0.5, 0.6) is 0 Å². The SMILES string of the molecule is CCCCCCCCCC=CNCCC[N+](C)(C)C. The van der Waals surface area contributed by atoms with Crippen LogP contribution in [-0.4, -0.2) is 38.7 Å². The summed E-state index contributed by atoms with van der Waals surface area (Å²) in [4.78, 5) is 0. The van der Waals surface area contributed by atoms with E-state index in [0.717, 1.165) is 11.0 Å². The molecule has 0 aliphatic carbocycles. The smallest absolute Gasteiger partial charge is 0.0797 e. The van der Waals surface area contributed by atoms with Crippen molar-refractivity contribution in [2.45, 2.75) is 64.7 Å². The molecule has 0 aromatic rings. The van der Waals surface area contributed by atoms with E-state index in [1.165, 1.54) is 64.3 Å². The van der Waals surface area contributed by atoms with Crippen LogP contribution >= 0.6 is 0 Å². The van der Waals surface area contributed by atoms with Crippen LogP contribution < -0.4 is 5.32 Å². The molecule has 2 heteroatoms. The van der Waals surface area contributed by atoms with E-state index in [9.17, 15) is 0 Å². The van der Waals surface area contributed by atoms with Gasteiger partial charge in [-0.15, -0.1) is 0 Å². The van der Waals surface area contributed by atoms with Gasteiger partial charge >= 0.3 is 0 Å². The van der Waals surface area contributed by atoms with Crippen LogP contribution in [0.15, 0.2) is 12.3 Å². The normalized spacial score (nSPS) is 12.2. The number of rotatable bonds is 13. The van der Waals surface area contributed by atoms with Crippen molar-refractivity contribution in [2.75, 3.05) is 34.2 Å². The molecule has 0 aliphatic heterocycles. The average molecular weight is 269 g/mol. The van der Waals surface area contributed by atoms with E-state index >= 15 is 0 Å². The van der Waals surface area contributed by atoms with Crippen LogP contribution in [-0.2, 0) is 0 Å². The molecule has 0 heterocycles. The molecule has 0 aromatic heterocycles. The highest BCUT2D eigenvalue weighted by molar-refractivity contribution is 4.78. The molecule has 0 saturated heterocycles. The molecule has 1 N–H and O–H groups in total. The second kappa shape index (κ2) is 12.5. The maximum atomic E-state index is 3.39. The lowest BCUT2D eigenvalue weighted by Crippen LogP contribution is -2.36. The predicted molar refractivity (Wildman–Crippen MR) is 87.3 cm³/mol. The highest BCUT2D eigenvalue weighted by Gasteiger charge is 2.04. The predicted octanol–water partition coefficient (Wildman–Crippen LogP) is 4.33. The minimum atomic E-state index is 1.06. The second-order valence-electron chi connectivity index (χ2n) is 6.63. The van der Waals surface area contributed by atoms with Crippen molar-refractivity contribution in [3.63, 3.8) is 0 Å². The topological polar surface area (TPSA) is 12.0 Å². The zero-order valence-corrected chi connectivity index (χ0v) is 13.9. The van der Waals surface area contributed by atoms with E-state index in [0.29, 0.717) is 0 Å². The summed E-state index contributed by atoms with van der Waals surface area (Å²) in [7, 11) is 6.74. The van der Waals surface area contributed by atoms with E-state index in [1.54, 1.807) is 0 Å². The summed E-state index contributed by atoms with van der Waals surface area (Å²) in [5.74, 6) is 0. The van der Waals surface area contributed by atoms with E-state index < -0.39 is 0 Å². The fourth-order valence-electron chi connectivity index (χ4n) is 2.12. The molecule has 0 rings (SSSR count). The van der Waals surface area contributed by atoms with E-state index in [-0.39, 0.29) is 0 Å². The van der Waals surface area contributed by atoms with Gasteiger partial charge in [-0.05, 0) is 19.0 Å². The lowest BCUT2D eigenvalue weighted by molar-refractivity contribution is -0.870. The Balaban J connectivity index is 3.13. The van der Waals surface area contributed by atoms with Gasteiger partial charge in [-0.25, -0.2) is 0 Å². The fourth-order valence-corrected chi connectivity index (χ4v) is 2.12. The molecule has 0 aromatic carbocycles. The zero-order chi connectivity index (χ0) is 14.4. The molecule has 0 bridgehead atoms. The first kappa shape index (κ1) is 18.5. The second-order valence-corrected chi connectivity index (χ2v) is 6.63. The first-order valence-electron chi connectivity index (χ1n) is 8.25. The maximum absolute atomic E-state index is 3.39. The van der Waals surface area contributed by atoms with Crippen LogP contribution in [0.3, 0.4) is 0 Å². The summed E-state index contributed by atoms with van der Waals surface area (Å²) < 4.78 is 1.06. The van der Waals surface area contributed by atoms with Gasteiger partial charge in [-0.1, -0.05) is 51.5 Å². The third-order valence-electron chi connectivity index (χ3n) is 3.36. The molecule has 0 saturated carbocycles. The summed E-state index contributed by atoms with van der Waals surface area (Å²) in [6.45, 7) is 4.61. The number of allylic oxidation sites excluding steroid dienone is 1. The van der Waals surface area contributed by atoms with Gasteiger partial charge in [0.1, 0.15) is 0 Å². The Morgan fingerprint density at radius 2 is 1.47 bits per heavy atom. The van der Waals surface area contributed by atoms with E-state index in [2.05, 4.69) is 45.7 Å². The van der Waals surface area contributed by atoms with Gasteiger partial charge in [-0.3, -0.25) is 0 Å². The van der Waals surface area contributed by atoms with Gasteiger partial charge in [0.2, 0.25) is 0 Å². The summed E-state index contributed by atoms with van der Waals surface area (Å²) in [5, 5.41) is 3.39. The monoisotopic (exact) mass is 269 g/mol. The Labute approximate surface area is 121 Å². The number of unbranched alkanes of at least 4 members (excludes halogenated alkanes) is 7. The Kier molecular flexibility index (Phi) is 12.2. The molecule has 2 nitrogen and oxygen atoms in total. The third kappa shape index (κ3) is 17.5. The lowest BCUT2D eigenvalue weighted by Gasteiger charge is -2.23. The molecule has 0 spiro atoms. The van der Waals surface area contributed by atoms with Gasteiger partial charge in [0.05, 0.1) is 27.7 Å². The quantitative estimate of drug-likeness (QED) is 0.388. The molecule has 0 amide bonds. The number of nitrogens with one attached hydrogen (secondary N) is 1. The van der Waals surface area contributed by atoms with E-state index in [1.807, 2.05) is 0 Å². The Hall–Kier alpha value is -0.500. The summed E-state index contributed by atoms with van der Waals surface area (Å²) in [5.41, 5.74) is 0. The largest absolute Gasteiger partial charge is 0.391 e. The number of hydrogen-bond acceptors (Lipinski definition) is 1. The molecule has 114 valence electrons. The van der Waals surface area contributed by atoms with Crippen LogP contribution in [0, 0.1) is 0 Å². The summed E-state index contributed by atoms with van der Waals surface area (Å²) in [6.07, 6.45) is 16.7. The maximum Gasteiger partial charge on any atom is 0.0797 e. The summed E-state index contributed by atoms with van der Waals surface area (Å²) >= 11 is 0. The van der Waals surface area contributed by atoms with Crippen LogP contribution in [0.4, 0.5) is 0 Å². The zero-order valence-electron chi connectivity index (χ0n) is 13.9. The van der Waals surface area contributed by atoms with Crippen molar-refractivity contribution in [1.29, 1.82) is 0 Å². The minimum absolute atomic E-state index is 1.06. The lowest BCUT2D eigenvalue weighted by atomic mass is 10.1. The van der Waals surface area contributed by atoms with Crippen molar-refractivity contribution < 1.29 is 4.48 Å². The highest BCUT2D eigenvalue weighted by Crippen LogP contribution is 2.08. The van der Waals surface area contributed by atoms with Gasteiger partial charge in [0, 0.05) is 13.0 Å².